The highest BCUT2D eigenvalue weighted by molar-refractivity contribution is 5.88. The van der Waals surface area contributed by atoms with Gasteiger partial charge in [0.15, 0.2) is 0 Å². The first kappa shape index (κ1) is 16.2. The van der Waals surface area contributed by atoms with Gasteiger partial charge in [-0.05, 0) is 30.5 Å². The van der Waals surface area contributed by atoms with E-state index in [0.717, 1.165) is 57.4 Å². The number of carbonyl (C=O) groups is 1. The summed E-state index contributed by atoms with van der Waals surface area (Å²) in [6, 6.07) is 6.62. The highest BCUT2D eigenvalue weighted by Crippen LogP contribution is 2.42. The van der Waals surface area contributed by atoms with Crippen molar-refractivity contribution in [1.29, 1.82) is 0 Å². The summed E-state index contributed by atoms with van der Waals surface area (Å²) in [5.74, 6) is -0.0519. The van der Waals surface area contributed by atoms with Crippen molar-refractivity contribution < 1.29 is 9.18 Å². The highest BCUT2D eigenvalue weighted by Gasteiger charge is 2.45. The van der Waals surface area contributed by atoms with E-state index >= 15 is 0 Å². The Bertz CT molecular complexity index is 497. The molecule has 0 bridgehead atoms. The highest BCUT2D eigenvalue weighted by atomic mass is 35.5. The van der Waals surface area contributed by atoms with Crippen molar-refractivity contribution in [2.24, 2.45) is 0 Å². The fraction of sp³-hybridized carbons (Fsp3) is 0.562. The number of rotatable bonds is 2. The molecule has 1 aliphatic heterocycles. The Morgan fingerprint density at radius 3 is 2.48 bits per heavy atom. The average Bonchev–Trinajstić information content (AvgIpc) is 2.98. The van der Waals surface area contributed by atoms with E-state index in [4.69, 9.17) is 0 Å². The number of hydrogen-bond donors (Lipinski definition) is 1. The van der Waals surface area contributed by atoms with Gasteiger partial charge in [-0.3, -0.25) is 4.79 Å². The molecule has 5 heteroatoms. The number of nitrogens with zero attached hydrogens (tertiary/aromatic N) is 1. The van der Waals surface area contributed by atoms with E-state index in [-0.39, 0.29) is 24.1 Å². The number of carbonyl (C=O) groups excluding carboxylic acids is 1. The Kier molecular flexibility index (Phi) is 5.22. The van der Waals surface area contributed by atoms with E-state index < -0.39 is 5.41 Å². The zero-order valence-electron chi connectivity index (χ0n) is 12.1. The molecule has 1 saturated carbocycles. The summed E-state index contributed by atoms with van der Waals surface area (Å²) in [6.07, 6.45) is 3.79. The van der Waals surface area contributed by atoms with Crippen LogP contribution < -0.4 is 5.32 Å². The van der Waals surface area contributed by atoms with Crippen LogP contribution in [-0.2, 0) is 10.2 Å². The lowest BCUT2D eigenvalue weighted by Gasteiger charge is -2.37. The zero-order valence-corrected chi connectivity index (χ0v) is 12.9. The quantitative estimate of drug-likeness (QED) is 0.910. The van der Waals surface area contributed by atoms with Gasteiger partial charge in [0.25, 0.3) is 0 Å². The molecule has 0 spiro atoms. The summed E-state index contributed by atoms with van der Waals surface area (Å²) >= 11 is 0. The Labute approximate surface area is 131 Å². The second kappa shape index (κ2) is 6.75. The standard InChI is InChI=1S/C16H21FN2O.ClH/c17-14-5-3-4-13(12-14)16(6-1-2-7-16)15(20)19-10-8-18-9-11-19;/h3-5,12,18H,1-2,6-11H2;1H. The van der Waals surface area contributed by atoms with Gasteiger partial charge in [-0.2, -0.15) is 0 Å². The maximum atomic E-state index is 13.6. The second-order valence-electron chi connectivity index (χ2n) is 5.84. The van der Waals surface area contributed by atoms with Crippen molar-refractivity contribution in [2.45, 2.75) is 31.1 Å². The predicted molar refractivity (Wildman–Crippen MR) is 83.2 cm³/mol. The lowest BCUT2D eigenvalue weighted by Crippen LogP contribution is -2.52. The second-order valence-corrected chi connectivity index (χ2v) is 5.84. The Hall–Kier alpha value is -1.13. The van der Waals surface area contributed by atoms with Crippen LogP contribution in [0, 0.1) is 5.82 Å². The molecule has 3 nitrogen and oxygen atoms in total. The normalized spacial score (nSPS) is 20.9. The molecule has 0 atom stereocenters. The molecule has 1 N–H and O–H groups in total. The molecule has 1 amide bonds. The van der Waals surface area contributed by atoms with Crippen molar-refractivity contribution in [3.05, 3.63) is 35.6 Å². The van der Waals surface area contributed by atoms with Gasteiger partial charge in [-0.1, -0.05) is 25.0 Å². The van der Waals surface area contributed by atoms with Crippen LogP contribution in [0.25, 0.3) is 0 Å². The van der Waals surface area contributed by atoms with Crippen LogP contribution in [0.15, 0.2) is 24.3 Å². The molecule has 2 aliphatic rings. The fourth-order valence-corrected chi connectivity index (χ4v) is 3.56. The van der Waals surface area contributed by atoms with Crippen LogP contribution in [0.2, 0.25) is 0 Å². The molecule has 1 saturated heterocycles. The molecule has 0 aromatic heterocycles. The SMILES string of the molecule is Cl.O=C(N1CCNCC1)C1(c2cccc(F)c2)CCCC1. The lowest BCUT2D eigenvalue weighted by atomic mass is 9.77. The number of benzene rings is 1. The number of hydrogen-bond acceptors (Lipinski definition) is 2. The summed E-state index contributed by atoms with van der Waals surface area (Å²) in [5.41, 5.74) is 0.373. The van der Waals surface area contributed by atoms with Gasteiger partial charge >= 0.3 is 0 Å². The number of nitrogens with one attached hydrogen (secondary N) is 1. The predicted octanol–water partition coefficient (Wildman–Crippen LogP) is 2.49. The Morgan fingerprint density at radius 2 is 1.86 bits per heavy atom. The molecule has 1 heterocycles. The molecule has 1 aromatic rings. The van der Waals surface area contributed by atoms with Crippen LogP contribution in [-0.4, -0.2) is 37.0 Å². The molecule has 1 aromatic carbocycles. The molecule has 0 radical (unpaired) electrons. The average molecular weight is 313 g/mol. The van der Waals surface area contributed by atoms with Crippen LogP contribution in [0.1, 0.15) is 31.2 Å². The van der Waals surface area contributed by atoms with E-state index in [1.807, 2.05) is 11.0 Å². The van der Waals surface area contributed by atoms with E-state index in [0.29, 0.717) is 0 Å². The van der Waals surface area contributed by atoms with E-state index in [1.165, 1.54) is 6.07 Å². The van der Waals surface area contributed by atoms with Crippen molar-refractivity contribution in [2.75, 3.05) is 26.2 Å². The van der Waals surface area contributed by atoms with Crippen LogP contribution in [0.5, 0.6) is 0 Å². The maximum Gasteiger partial charge on any atom is 0.233 e. The smallest absolute Gasteiger partial charge is 0.233 e. The largest absolute Gasteiger partial charge is 0.339 e. The monoisotopic (exact) mass is 312 g/mol. The van der Waals surface area contributed by atoms with Crippen LogP contribution in [0.3, 0.4) is 0 Å². The molecule has 3 rings (SSSR count). The van der Waals surface area contributed by atoms with Crippen LogP contribution >= 0.6 is 12.4 Å². The third-order valence-electron chi connectivity index (χ3n) is 4.65. The van der Waals surface area contributed by atoms with E-state index in [1.54, 1.807) is 12.1 Å². The summed E-state index contributed by atoms with van der Waals surface area (Å²) in [5, 5.41) is 3.27. The third kappa shape index (κ3) is 3.06. The molecule has 116 valence electrons. The minimum atomic E-state index is -0.487. The molecular formula is C16H22ClFN2O. The summed E-state index contributed by atoms with van der Waals surface area (Å²) in [7, 11) is 0. The Morgan fingerprint density at radius 1 is 1.19 bits per heavy atom. The third-order valence-corrected chi connectivity index (χ3v) is 4.65. The van der Waals surface area contributed by atoms with Crippen molar-refractivity contribution in [3.8, 4) is 0 Å². The van der Waals surface area contributed by atoms with Gasteiger partial charge in [0.1, 0.15) is 5.82 Å². The fourth-order valence-electron chi connectivity index (χ4n) is 3.56. The molecule has 1 aliphatic carbocycles. The van der Waals surface area contributed by atoms with Gasteiger partial charge in [-0.25, -0.2) is 4.39 Å². The van der Waals surface area contributed by atoms with Crippen molar-refractivity contribution in [1.82, 2.24) is 10.2 Å². The zero-order chi connectivity index (χ0) is 14.0. The first-order valence-electron chi connectivity index (χ1n) is 7.48. The molecule has 21 heavy (non-hydrogen) atoms. The summed E-state index contributed by atoms with van der Waals surface area (Å²) in [4.78, 5) is 15.0. The van der Waals surface area contributed by atoms with Gasteiger partial charge < -0.3 is 10.2 Å². The minimum absolute atomic E-state index is 0. The first-order chi connectivity index (χ1) is 9.72. The summed E-state index contributed by atoms with van der Waals surface area (Å²) < 4.78 is 13.6. The van der Waals surface area contributed by atoms with Gasteiger partial charge in [0.05, 0.1) is 5.41 Å². The van der Waals surface area contributed by atoms with Crippen molar-refractivity contribution in [3.63, 3.8) is 0 Å². The van der Waals surface area contributed by atoms with E-state index in [2.05, 4.69) is 5.32 Å². The number of amides is 1. The van der Waals surface area contributed by atoms with Crippen molar-refractivity contribution >= 4 is 18.3 Å². The Balaban J connectivity index is 0.00000161. The number of halogens is 2. The number of piperazine rings is 1. The first-order valence-corrected chi connectivity index (χ1v) is 7.48. The van der Waals surface area contributed by atoms with Gasteiger partial charge in [0.2, 0.25) is 5.91 Å². The van der Waals surface area contributed by atoms with Gasteiger partial charge in [0, 0.05) is 26.2 Å². The van der Waals surface area contributed by atoms with Crippen LogP contribution in [0.4, 0.5) is 4.39 Å². The molecule has 0 unspecified atom stereocenters. The van der Waals surface area contributed by atoms with E-state index in [9.17, 15) is 9.18 Å². The minimum Gasteiger partial charge on any atom is -0.339 e. The maximum absolute atomic E-state index is 13.6. The lowest BCUT2D eigenvalue weighted by molar-refractivity contribution is -0.138. The summed E-state index contributed by atoms with van der Waals surface area (Å²) in [6.45, 7) is 3.22. The molecule has 2 fully saturated rings. The van der Waals surface area contributed by atoms with Gasteiger partial charge in [-0.15, -0.1) is 12.4 Å². The topological polar surface area (TPSA) is 32.3 Å². The molecular weight excluding hydrogens is 291 g/mol.